The van der Waals surface area contributed by atoms with Crippen LogP contribution in [0.2, 0.25) is 0 Å². The van der Waals surface area contributed by atoms with E-state index in [1.807, 2.05) is 47.2 Å². The second-order valence-corrected chi connectivity index (χ2v) is 9.04. The number of benzene rings is 2. The van der Waals surface area contributed by atoms with Gasteiger partial charge in [0.2, 0.25) is 0 Å². The van der Waals surface area contributed by atoms with Gasteiger partial charge in [0, 0.05) is 18.5 Å². The summed E-state index contributed by atoms with van der Waals surface area (Å²) < 4.78 is 42.2. The average Bonchev–Trinajstić information content (AvgIpc) is 3.26. The second kappa shape index (κ2) is 8.51. The highest BCUT2D eigenvalue weighted by atomic mass is 79.9. The molecule has 31 heavy (non-hydrogen) atoms. The fourth-order valence-electron chi connectivity index (χ4n) is 3.46. The van der Waals surface area contributed by atoms with Crippen LogP contribution < -0.4 is 5.32 Å². The highest BCUT2D eigenvalue weighted by Crippen LogP contribution is 2.34. The van der Waals surface area contributed by atoms with Gasteiger partial charge in [-0.3, -0.25) is 4.79 Å². The molecule has 2 aromatic carbocycles. The Morgan fingerprint density at radius 2 is 1.84 bits per heavy atom. The summed E-state index contributed by atoms with van der Waals surface area (Å²) >= 11 is 5.03. The fourth-order valence-corrected chi connectivity index (χ4v) is 5.15. The Morgan fingerprint density at radius 3 is 2.52 bits per heavy atom. The first-order chi connectivity index (χ1) is 14.7. The van der Waals surface area contributed by atoms with E-state index in [0.717, 1.165) is 37.9 Å². The Labute approximate surface area is 189 Å². The van der Waals surface area contributed by atoms with Crippen molar-refractivity contribution in [2.45, 2.75) is 26.2 Å². The topological polar surface area (TPSA) is 34.0 Å². The number of alkyl halides is 3. The van der Waals surface area contributed by atoms with Gasteiger partial charge in [0.05, 0.1) is 20.3 Å². The molecule has 3 nitrogen and oxygen atoms in total. The summed E-state index contributed by atoms with van der Waals surface area (Å²) in [6, 6.07) is 14.7. The van der Waals surface area contributed by atoms with E-state index in [0.29, 0.717) is 17.8 Å². The van der Waals surface area contributed by atoms with Crippen LogP contribution in [-0.2, 0) is 19.3 Å². The largest absolute Gasteiger partial charge is 0.416 e. The first-order valence-corrected chi connectivity index (χ1v) is 11.2. The summed E-state index contributed by atoms with van der Waals surface area (Å²) in [6.45, 7) is 2.66. The van der Waals surface area contributed by atoms with E-state index in [1.54, 1.807) is 0 Å². The third-order valence-corrected chi connectivity index (χ3v) is 6.79. The Hall–Kier alpha value is -2.58. The fraction of sp³-hybridized carbons (Fsp3) is 0.174. The smallest absolute Gasteiger partial charge is 0.347 e. The van der Waals surface area contributed by atoms with Crippen LogP contribution in [0.1, 0.15) is 32.7 Å². The number of thiophene rings is 1. The number of carbonyl (C=O) groups excluding carboxylic acids is 1. The molecule has 2 aromatic heterocycles. The van der Waals surface area contributed by atoms with E-state index in [4.69, 9.17) is 0 Å². The van der Waals surface area contributed by atoms with Crippen LogP contribution in [0.25, 0.3) is 10.2 Å². The van der Waals surface area contributed by atoms with Gasteiger partial charge in [-0.15, -0.1) is 11.3 Å². The highest BCUT2D eigenvalue weighted by molar-refractivity contribution is 9.10. The van der Waals surface area contributed by atoms with Crippen LogP contribution in [0.4, 0.5) is 13.2 Å². The molecular weight excluding hydrogens is 489 g/mol. The monoisotopic (exact) mass is 506 g/mol. The van der Waals surface area contributed by atoms with E-state index in [9.17, 15) is 18.0 Å². The predicted molar refractivity (Wildman–Crippen MR) is 120 cm³/mol. The van der Waals surface area contributed by atoms with Gasteiger partial charge in [0.1, 0.15) is 5.69 Å². The molecule has 0 aliphatic carbocycles. The molecule has 0 fully saturated rings. The molecule has 0 bridgehead atoms. The Balaban J connectivity index is 1.62. The molecule has 1 N–H and O–H groups in total. The molecule has 160 valence electrons. The molecule has 4 rings (SSSR count). The zero-order valence-corrected chi connectivity index (χ0v) is 18.9. The summed E-state index contributed by atoms with van der Waals surface area (Å²) in [5.74, 6) is -0.233. The molecule has 1 amide bonds. The number of aryl methyl sites for hydroxylation is 1. The van der Waals surface area contributed by atoms with Gasteiger partial charge >= 0.3 is 6.18 Å². The minimum atomic E-state index is -4.38. The minimum Gasteiger partial charge on any atom is -0.347 e. The van der Waals surface area contributed by atoms with Crippen LogP contribution >= 0.6 is 27.3 Å². The predicted octanol–water partition coefficient (Wildman–Crippen LogP) is 6.77. The molecule has 2 heterocycles. The summed E-state index contributed by atoms with van der Waals surface area (Å²) in [6.07, 6.45) is -4.38. The number of halogens is 4. The van der Waals surface area contributed by atoms with E-state index in [2.05, 4.69) is 21.2 Å². The molecule has 0 saturated carbocycles. The first-order valence-electron chi connectivity index (χ1n) is 9.48. The molecule has 0 atom stereocenters. The SMILES string of the molecule is Cc1cccc(CNC(=O)c2cc3scc(Br)c3n2Cc2ccc(C(F)(F)F)cc2)c1. The number of rotatable bonds is 5. The zero-order chi connectivity index (χ0) is 22.2. The van der Waals surface area contributed by atoms with Crippen molar-refractivity contribution in [2.75, 3.05) is 0 Å². The zero-order valence-electron chi connectivity index (χ0n) is 16.5. The van der Waals surface area contributed by atoms with Crippen molar-refractivity contribution in [3.8, 4) is 0 Å². The van der Waals surface area contributed by atoms with Crippen LogP contribution in [0.15, 0.2) is 64.5 Å². The normalized spacial score (nSPS) is 11.8. The number of hydrogen-bond donors (Lipinski definition) is 1. The number of aromatic nitrogens is 1. The second-order valence-electron chi connectivity index (χ2n) is 7.28. The van der Waals surface area contributed by atoms with Gasteiger partial charge in [-0.25, -0.2) is 0 Å². The summed E-state index contributed by atoms with van der Waals surface area (Å²) in [7, 11) is 0. The van der Waals surface area contributed by atoms with Crippen molar-refractivity contribution < 1.29 is 18.0 Å². The van der Waals surface area contributed by atoms with Gasteiger partial charge in [-0.2, -0.15) is 13.2 Å². The average molecular weight is 507 g/mol. The maximum absolute atomic E-state index is 13.0. The van der Waals surface area contributed by atoms with Gasteiger partial charge in [-0.1, -0.05) is 42.0 Å². The van der Waals surface area contributed by atoms with Crippen molar-refractivity contribution in [3.05, 3.63) is 92.4 Å². The van der Waals surface area contributed by atoms with Gasteiger partial charge in [0.15, 0.2) is 0 Å². The summed E-state index contributed by atoms with van der Waals surface area (Å²) in [5.41, 5.74) is 3.41. The van der Waals surface area contributed by atoms with E-state index < -0.39 is 11.7 Å². The standard InChI is InChI=1S/C23H18BrF3N2OS/c1-14-3-2-4-16(9-14)11-28-22(30)19-10-20-21(18(24)13-31-20)29(19)12-15-5-7-17(8-6-15)23(25,26)27/h2-10,13H,11-12H2,1H3,(H,28,30). The Bertz CT molecular complexity index is 1240. The molecule has 0 spiro atoms. The first kappa shape index (κ1) is 21.6. The molecule has 8 heteroatoms. The molecule has 4 aromatic rings. The Kier molecular flexibility index (Phi) is 5.94. The highest BCUT2D eigenvalue weighted by Gasteiger charge is 2.30. The van der Waals surface area contributed by atoms with Crippen LogP contribution in [0, 0.1) is 6.92 Å². The number of fused-ring (bicyclic) bond motifs is 1. The van der Waals surface area contributed by atoms with E-state index in [-0.39, 0.29) is 12.5 Å². The van der Waals surface area contributed by atoms with Gasteiger partial charge in [-0.05, 0) is 52.2 Å². The lowest BCUT2D eigenvalue weighted by atomic mass is 10.1. The molecule has 0 aliphatic heterocycles. The summed E-state index contributed by atoms with van der Waals surface area (Å²) in [4.78, 5) is 13.0. The lowest BCUT2D eigenvalue weighted by molar-refractivity contribution is -0.137. The molecule has 0 unspecified atom stereocenters. The van der Waals surface area contributed by atoms with Gasteiger partial charge < -0.3 is 9.88 Å². The quantitative estimate of drug-likeness (QED) is 0.318. The number of hydrogen-bond acceptors (Lipinski definition) is 2. The molecular formula is C23H18BrF3N2OS. The van der Waals surface area contributed by atoms with Gasteiger partial charge in [0.25, 0.3) is 5.91 Å². The van der Waals surface area contributed by atoms with Crippen molar-refractivity contribution in [2.24, 2.45) is 0 Å². The minimum absolute atomic E-state index is 0.233. The van der Waals surface area contributed by atoms with Crippen LogP contribution in [0.5, 0.6) is 0 Å². The lowest BCUT2D eigenvalue weighted by Gasteiger charge is -2.13. The van der Waals surface area contributed by atoms with E-state index >= 15 is 0 Å². The van der Waals surface area contributed by atoms with Crippen molar-refractivity contribution >= 4 is 43.4 Å². The van der Waals surface area contributed by atoms with Crippen molar-refractivity contribution in [1.82, 2.24) is 9.88 Å². The maximum atomic E-state index is 13.0. The van der Waals surface area contributed by atoms with Crippen LogP contribution in [-0.4, -0.2) is 10.5 Å². The summed E-state index contributed by atoms with van der Waals surface area (Å²) in [5, 5.41) is 4.88. The Morgan fingerprint density at radius 1 is 1.10 bits per heavy atom. The van der Waals surface area contributed by atoms with E-state index in [1.165, 1.54) is 23.5 Å². The van der Waals surface area contributed by atoms with Crippen molar-refractivity contribution in [3.63, 3.8) is 0 Å². The van der Waals surface area contributed by atoms with Crippen LogP contribution in [0.3, 0.4) is 0 Å². The molecule has 0 aliphatic rings. The lowest BCUT2D eigenvalue weighted by Crippen LogP contribution is -2.25. The number of amides is 1. The number of nitrogens with zero attached hydrogens (tertiary/aromatic N) is 1. The maximum Gasteiger partial charge on any atom is 0.416 e. The number of carbonyl (C=O) groups is 1. The van der Waals surface area contributed by atoms with Crippen molar-refractivity contribution in [1.29, 1.82) is 0 Å². The molecule has 0 saturated heterocycles. The third-order valence-electron chi connectivity index (χ3n) is 4.97. The molecule has 0 radical (unpaired) electrons. The third kappa shape index (κ3) is 4.70. The number of nitrogens with one attached hydrogen (secondary N) is 1.